The van der Waals surface area contributed by atoms with Crippen LogP contribution in [0.3, 0.4) is 0 Å². The van der Waals surface area contributed by atoms with E-state index in [1.807, 2.05) is 6.92 Å². The summed E-state index contributed by atoms with van der Waals surface area (Å²) in [5.41, 5.74) is 9.67. The molecule has 1 aromatic carbocycles. The van der Waals surface area contributed by atoms with E-state index >= 15 is 0 Å². The third-order valence-electron chi connectivity index (χ3n) is 4.36. The van der Waals surface area contributed by atoms with E-state index in [0.29, 0.717) is 0 Å². The molecule has 3 N–H and O–H groups in total. The van der Waals surface area contributed by atoms with E-state index in [1.165, 1.54) is 16.7 Å². The minimum atomic E-state index is -0.466. The molecule has 1 unspecified atom stereocenters. The predicted octanol–water partition coefficient (Wildman–Crippen LogP) is 2.54. The Morgan fingerprint density at radius 3 is 2.30 bits per heavy atom. The first-order valence-corrected chi connectivity index (χ1v) is 7.64. The summed E-state index contributed by atoms with van der Waals surface area (Å²) in [5, 5.41) is 9.96. The summed E-state index contributed by atoms with van der Waals surface area (Å²) in [5.74, 6) is 0. The molecule has 1 aromatic rings. The molecule has 3 nitrogen and oxygen atoms in total. The number of aryl methyl sites for hydroxylation is 2. The second kappa shape index (κ2) is 6.25. The standard InChI is InChI=1S/C17H28N2O/c1-13-10-14(2)12-15(11-13)16(18)4-7-19-8-5-17(3,20)6-9-19/h10-12,16,20H,4-9,18H2,1-3H3. The van der Waals surface area contributed by atoms with Crippen molar-refractivity contribution < 1.29 is 5.11 Å². The van der Waals surface area contributed by atoms with Gasteiger partial charge in [0.1, 0.15) is 0 Å². The van der Waals surface area contributed by atoms with E-state index in [4.69, 9.17) is 5.73 Å². The van der Waals surface area contributed by atoms with Crippen LogP contribution in [0.1, 0.15) is 48.9 Å². The average molecular weight is 276 g/mol. The number of nitrogens with zero attached hydrogens (tertiary/aromatic N) is 1. The maximum Gasteiger partial charge on any atom is 0.0644 e. The normalized spacial score (nSPS) is 20.9. The number of hydrogen-bond donors (Lipinski definition) is 2. The zero-order valence-electron chi connectivity index (χ0n) is 13.0. The van der Waals surface area contributed by atoms with Crippen LogP contribution in [-0.2, 0) is 0 Å². The zero-order valence-corrected chi connectivity index (χ0v) is 13.0. The fourth-order valence-electron chi connectivity index (χ4n) is 2.97. The molecule has 0 spiro atoms. The fourth-order valence-corrected chi connectivity index (χ4v) is 2.97. The van der Waals surface area contributed by atoms with Gasteiger partial charge in [-0.15, -0.1) is 0 Å². The van der Waals surface area contributed by atoms with Crippen molar-refractivity contribution in [2.75, 3.05) is 19.6 Å². The highest BCUT2D eigenvalue weighted by molar-refractivity contribution is 5.30. The van der Waals surface area contributed by atoms with Crippen LogP contribution in [0.25, 0.3) is 0 Å². The maximum atomic E-state index is 9.96. The molecule has 1 saturated heterocycles. The van der Waals surface area contributed by atoms with Gasteiger partial charge in [-0.1, -0.05) is 29.3 Å². The molecule has 0 radical (unpaired) electrons. The monoisotopic (exact) mass is 276 g/mol. The average Bonchev–Trinajstić information content (AvgIpc) is 2.36. The third-order valence-corrected chi connectivity index (χ3v) is 4.36. The molecule has 0 bridgehead atoms. The topological polar surface area (TPSA) is 49.5 Å². The first-order chi connectivity index (χ1) is 9.35. The lowest BCUT2D eigenvalue weighted by molar-refractivity contribution is -0.00576. The Labute approximate surface area is 122 Å². The van der Waals surface area contributed by atoms with Crippen molar-refractivity contribution in [3.05, 3.63) is 34.9 Å². The second-order valence-corrected chi connectivity index (χ2v) is 6.65. The smallest absolute Gasteiger partial charge is 0.0644 e. The number of nitrogens with two attached hydrogens (primary N) is 1. The van der Waals surface area contributed by atoms with Gasteiger partial charge in [-0.25, -0.2) is 0 Å². The number of likely N-dealkylation sites (tertiary alicyclic amines) is 1. The molecule has 1 heterocycles. The quantitative estimate of drug-likeness (QED) is 0.888. The molecule has 2 rings (SSSR count). The Hall–Kier alpha value is -0.900. The zero-order chi connectivity index (χ0) is 14.8. The molecule has 3 heteroatoms. The SMILES string of the molecule is Cc1cc(C)cc(C(N)CCN2CCC(C)(O)CC2)c1. The molecule has 0 amide bonds. The summed E-state index contributed by atoms with van der Waals surface area (Å²) in [6, 6.07) is 6.68. The Morgan fingerprint density at radius 2 is 1.75 bits per heavy atom. The highest BCUT2D eigenvalue weighted by atomic mass is 16.3. The summed E-state index contributed by atoms with van der Waals surface area (Å²) >= 11 is 0. The van der Waals surface area contributed by atoms with Crippen LogP contribution in [-0.4, -0.2) is 35.2 Å². The van der Waals surface area contributed by atoms with Crippen molar-refractivity contribution in [3.63, 3.8) is 0 Å². The highest BCUT2D eigenvalue weighted by Gasteiger charge is 2.27. The number of rotatable bonds is 4. The van der Waals surface area contributed by atoms with Crippen molar-refractivity contribution >= 4 is 0 Å². The summed E-state index contributed by atoms with van der Waals surface area (Å²) in [6.45, 7) is 9.15. The largest absolute Gasteiger partial charge is 0.390 e. The molecular formula is C17H28N2O. The third kappa shape index (κ3) is 4.30. The molecule has 1 fully saturated rings. The molecule has 0 saturated carbocycles. The molecule has 1 aliphatic heterocycles. The first-order valence-electron chi connectivity index (χ1n) is 7.64. The van der Waals surface area contributed by atoms with Crippen LogP contribution in [0.2, 0.25) is 0 Å². The van der Waals surface area contributed by atoms with Crippen molar-refractivity contribution in [1.82, 2.24) is 4.90 Å². The molecule has 112 valence electrons. The van der Waals surface area contributed by atoms with Crippen molar-refractivity contribution in [3.8, 4) is 0 Å². The fraction of sp³-hybridized carbons (Fsp3) is 0.647. The van der Waals surface area contributed by atoms with Gasteiger partial charge in [0.15, 0.2) is 0 Å². The lowest BCUT2D eigenvalue weighted by Crippen LogP contribution is -2.43. The Kier molecular flexibility index (Phi) is 4.84. The lowest BCUT2D eigenvalue weighted by Gasteiger charge is -2.36. The molecule has 1 aliphatic rings. The van der Waals surface area contributed by atoms with Gasteiger partial charge in [-0.2, -0.15) is 0 Å². The summed E-state index contributed by atoms with van der Waals surface area (Å²) in [4.78, 5) is 2.42. The van der Waals surface area contributed by atoms with E-state index < -0.39 is 5.60 Å². The highest BCUT2D eigenvalue weighted by Crippen LogP contribution is 2.23. The van der Waals surface area contributed by atoms with Crippen molar-refractivity contribution in [2.45, 2.75) is 51.7 Å². The Balaban J connectivity index is 1.85. The van der Waals surface area contributed by atoms with Crippen LogP contribution in [0, 0.1) is 13.8 Å². The van der Waals surface area contributed by atoms with Crippen molar-refractivity contribution in [2.24, 2.45) is 5.73 Å². The number of hydrogen-bond acceptors (Lipinski definition) is 3. The summed E-state index contributed by atoms with van der Waals surface area (Å²) in [7, 11) is 0. The van der Waals surface area contributed by atoms with Gasteiger partial charge in [0.2, 0.25) is 0 Å². The van der Waals surface area contributed by atoms with Gasteiger partial charge >= 0.3 is 0 Å². The van der Waals surface area contributed by atoms with Gasteiger partial charge in [-0.05, 0) is 52.1 Å². The minimum absolute atomic E-state index is 0.107. The van der Waals surface area contributed by atoms with Crippen LogP contribution in [0.5, 0.6) is 0 Å². The number of piperidine rings is 1. The molecule has 1 atom stereocenters. The van der Waals surface area contributed by atoms with Crippen LogP contribution in [0.15, 0.2) is 18.2 Å². The van der Waals surface area contributed by atoms with E-state index in [1.54, 1.807) is 0 Å². The Bertz CT molecular complexity index is 426. The van der Waals surface area contributed by atoms with Crippen molar-refractivity contribution in [1.29, 1.82) is 0 Å². The molecule has 20 heavy (non-hydrogen) atoms. The lowest BCUT2D eigenvalue weighted by atomic mass is 9.93. The number of aliphatic hydroxyl groups is 1. The van der Waals surface area contributed by atoms with Crippen LogP contribution in [0.4, 0.5) is 0 Å². The molecule has 0 aromatic heterocycles. The summed E-state index contributed by atoms with van der Waals surface area (Å²) < 4.78 is 0. The van der Waals surface area contributed by atoms with Gasteiger partial charge in [0.25, 0.3) is 0 Å². The van der Waals surface area contributed by atoms with Crippen LogP contribution < -0.4 is 5.73 Å². The van der Waals surface area contributed by atoms with Gasteiger partial charge in [0.05, 0.1) is 5.60 Å². The van der Waals surface area contributed by atoms with E-state index in [-0.39, 0.29) is 6.04 Å². The second-order valence-electron chi connectivity index (χ2n) is 6.65. The van der Waals surface area contributed by atoms with Gasteiger partial charge < -0.3 is 15.7 Å². The molecular weight excluding hydrogens is 248 g/mol. The predicted molar refractivity (Wildman–Crippen MR) is 83.8 cm³/mol. The van der Waals surface area contributed by atoms with Gasteiger partial charge in [0, 0.05) is 19.1 Å². The Morgan fingerprint density at radius 1 is 1.20 bits per heavy atom. The van der Waals surface area contributed by atoms with E-state index in [9.17, 15) is 5.11 Å². The minimum Gasteiger partial charge on any atom is -0.390 e. The molecule has 0 aliphatic carbocycles. The van der Waals surface area contributed by atoms with E-state index in [2.05, 4.69) is 36.9 Å². The van der Waals surface area contributed by atoms with Gasteiger partial charge in [-0.3, -0.25) is 0 Å². The number of benzene rings is 1. The first kappa shape index (κ1) is 15.5. The van der Waals surface area contributed by atoms with Crippen LogP contribution >= 0.6 is 0 Å². The maximum absolute atomic E-state index is 9.96. The summed E-state index contributed by atoms with van der Waals surface area (Å²) in [6.07, 6.45) is 2.71. The van der Waals surface area contributed by atoms with E-state index in [0.717, 1.165) is 38.9 Å².